The zero-order valence-electron chi connectivity index (χ0n) is 14.0. The molecule has 1 N–H and O–H groups in total. The van der Waals surface area contributed by atoms with Crippen LogP contribution in [0.3, 0.4) is 0 Å². The normalized spacial score (nSPS) is 33.8. The lowest BCUT2D eigenvalue weighted by Gasteiger charge is -2.46. The van der Waals surface area contributed by atoms with Gasteiger partial charge in [-0.05, 0) is 50.6 Å². The molecule has 2 aliphatic rings. The van der Waals surface area contributed by atoms with Crippen LogP contribution < -0.4 is 5.32 Å². The van der Waals surface area contributed by atoms with Gasteiger partial charge in [-0.3, -0.25) is 4.90 Å². The van der Waals surface area contributed by atoms with Crippen LogP contribution in [0.1, 0.15) is 59.8 Å². The molecule has 1 saturated carbocycles. The SMILES string of the molecule is CCNC1CCC(C)(C)CC1N(CC)CC1CCCO1. The van der Waals surface area contributed by atoms with Gasteiger partial charge < -0.3 is 10.1 Å². The Bertz CT molecular complexity index is 287. The van der Waals surface area contributed by atoms with E-state index in [0.29, 0.717) is 23.6 Å². The van der Waals surface area contributed by atoms with Crippen LogP contribution in [0, 0.1) is 5.41 Å². The molecule has 0 aromatic heterocycles. The van der Waals surface area contributed by atoms with Gasteiger partial charge >= 0.3 is 0 Å². The molecule has 0 aromatic carbocycles. The van der Waals surface area contributed by atoms with E-state index in [1.807, 2.05) is 0 Å². The van der Waals surface area contributed by atoms with Gasteiger partial charge in [0.25, 0.3) is 0 Å². The van der Waals surface area contributed by atoms with Crippen LogP contribution in [0.4, 0.5) is 0 Å². The third-order valence-electron chi connectivity index (χ3n) is 5.16. The zero-order valence-corrected chi connectivity index (χ0v) is 14.0. The summed E-state index contributed by atoms with van der Waals surface area (Å²) < 4.78 is 5.86. The maximum absolute atomic E-state index is 5.86. The predicted octanol–water partition coefficient (Wildman–Crippen LogP) is 3.04. The molecule has 0 bridgehead atoms. The van der Waals surface area contributed by atoms with Gasteiger partial charge in [0.2, 0.25) is 0 Å². The molecule has 3 atom stereocenters. The van der Waals surface area contributed by atoms with Crippen molar-refractivity contribution in [2.24, 2.45) is 5.41 Å². The maximum Gasteiger partial charge on any atom is 0.0702 e. The number of likely N-dealkylation sites (N-methyl/N-ethyl adjacent to an activating group) is 2. The highest BCUT2D eigenvalue weighted by Crippen LogP contribution is 2.37. The molecule has 0 radical (unpaired) electrons. The summed E-state index contributed by atoms with van der Waals surface area (Å²) in [5.41, 5.74) is 0.487. The van der Waals surface area contributed by atoms with Crippen molar-refractivity contribution < 1.29 is 4.74 Å². The molecular formula is C17H34N2O. The molecule has 118 valence electrons. The van der Waals surface area contributed by atoms with E-state index < -0.39 is 0 Å². The molecule has 0 aromatic rings. The van der Waals surface area contributed by atoms with Gasteiger partial charge in [0.05, 0.1) is 6.10 Å². The first-order valence-corrected chi connectivity index (χ1v) is 8.64. The standard InChI is InChI=1S/C17H34N2O/c1-5-18-15-9-10-17(3,4)12-16(15)19(6-2)13-14-8-7-11-20-14/h14-16,18H,5-13H2,1-4H3. The van der Waals surface area contributed by atoms with E-state index in [1.54, 1.807) is 0 Å². The average molecular weight is 282 g/mol. The molecule has 1 saturated heterocycles. The van der Waals surface area contributed by atoms with E-state index in [9.17, 15) is 0 Å². The molecule has 0 amide bonds. The number of nitrogens with zero attached hydrogens (tertiary/aromatic N) is 1. The Morgan fingerprint density at radius 1 is 1.25 bits per heavy atom. The summed E-state index contributed by atoms with van der Waals surface area (Å²) in [6, 6.07) is 1.34. The van der Waals surface area contributed by atoms with Crippen molar-refractivity contribution in [2.45, 2.75) is 78.0 Å². The Morgan fingerprint density at radius 3 is 2.65 bits per heavy atom. The summed E-state index contributed by atoms with van der Waals surface area (Å²) in [4.78, 5) is 2.68. The minimum Gasteiger partial charge on any atom is -0.377 e. The molecule has 20 heavy (non-hydrogen) atoms. The van der Waals surface area contributed by atoms with E-state index in [1.165, 1.54) is 32.1 Å². The third-order valence-corrected chi connectivity index (χ3v) is 5.16. The summed E-state index contributed by atoms with van der Waals surface area (Å²) in [5, 5.41) is 3.73. The highest BCUT2D eigenvalue weighted by Gasteiger charge is 2.38. The van der Waals surface area contributed by atoms with Gasteiger partial charge in [-0.25, -0.2) is 0 Å². The highest BCUT2D eigenvalue weighted by molar-refractivity contribution is 4.94. The van der Waals surface area contributed by atoms with Crippen molar-refractivity contribution >= 4 is 0 Å². The molecule has 3 heteroatoms. The second-order valence-electron chi connectivity index (χ2n) is 7.36. The fourth-order valence-corrected chi connectivity index (χ4v) is 3.98. The third kappa shape index (κ3) is 4.19. The first-order chi connectivity index (χ1) is 9.55. The Balaban J connectivity index is 2.01. The topological polar surface area (TPSA) is 24.5 Å². The van der Waals surface area contributed by atoms with E-state index in [4.69, 9.17) is 4.74 Å². The Morgan fingerprint density at radius 2 is 2.05 bits per heavy atom. The second kappa shape index (κ2) is 7.24. The number of nitrogens with one attached hydrogen (secondary N) is 1. The van der Waals surface area contributed by atoms with Crippen molar-refractivity contribution in [1.29, 1.82) is 0 Å². The summed E-state index contributed by atoms with van der Waals surface area (Å²) >= 11 is 0. The lowest BCUT2D eigenvalue weighted by molar-refractivity contribution is 0.0208. The summed E-state index contributed by atoms with van der Waals surface area (Å²) in [6.07, 6.45) is 6.94. The number of hydrogen-bond acceptors (Lipinski definition) is 3. The van der Waals surface area contributed by atoms with Gasteiger partial charge in [-0.1, -0.05) is 27.7 Å². The molecule has 1 aliphatic carbocycles. The minimum atomic E-state index is 0.474. The van der Waals surface area contributed by atoms with E-state index in [0.717, 1.165) is 26.2 Å². The Kier molecular flexibility index (Phi) is 5.88. The van der Waals surface area contributed by atoms with Crippen LogP contribution in [0.25, 0.3) is 0 Å². The van der Waals surface area contributed by atoms with E-state index in [-0.39, 0.29) is 0 Å². The smallest absolute Gasteiger partial charge is 0.0702 e. The van der Waals surface area contributed by atoms with Crippen molar-refractivity contribution in [3.8, 4) is 0 Å². The molecule has 3 unspecified atom stereocenters. The van der Waals surface area contributed by atoms with Crippen LogP contribution in [0.5, 0.6) is 0 Å². The quantitative estimate of drug-likeness (QED) is 0.810. The summed E-state index contributed by atoms with van der Waals surface area (Å²) in [7, 11) is 0. The zero-order chi connectivity index (χ0) is 14.6. The van der Waals surface area contributed by atoms with Crippen LogP contribution in [0.2, 0.25) is 0 Å². The average Bonchev–Trinajstić information content (AvgIpc) is 2.91. The maximum atomic E-state index is 5.86. The summed E-state index contributed by atoms with van der Waals surface area (Å²) in [5.74, 6) is 0. The number of hydrogen-bond donors (Lipinski definition) is 1. The molecule has 3 nitrogen and oxygen atoms in total. The lowest BCUT2D eigenvalue weighted by atomic mass is 9.72. The molecule has 2 rings (SSSR count). The van der Waals surface area contributed by atoms with Crippen LogP contribution >= 0.6 is 0 Å². The second-order valence-corrected chi connectivity index (χ2v) is 7.36. The molecule has 0 spiro atoms. The van der Waals surface area contributed by atoms with E-state index >= 15 is 0 Å². The monoisotopic (exact) mass is 282 g/mol. The number of ether oxygens (including phenoxy) is 1. The van der Waals surface area contributed by atoms with Gasteiger partial charge in [-0.2, -0.15) is 0 Å². The Hall–Kier alpha value is -0.120. The predicted molar refractivity (Wildman–Crippen MR) is 85.1 cm³/mol. The summed E-state index contributed by atoms with van der Waals surface area (Å²) in [6.45, 7) is 13.7. The fraction of sp³-hybridized carbons (Fsp3) is 1.00. The largest absolute Gasteiger partial charge is 0.377 e. The minimum absolute atomic E-state index is 0.474. The molecular weight excluding hydrogens is 248 g/mol. The van der Waals surface area contributed by atoms with E-state index in [2.05, 4.69) is 37.9 Å². The van der Waals surface area contributed by atoms with Gasteiger partial charge in [0.15, 0.2) is 0 Å². The first-order valence-electron chi connectivity index (χ1n) is 8.64. The fourth-order valence-electron chi connectivity index (χ4n) is 3.98. The first kappa shape index (κ1) is 16.3. The van der Waals surface area contributed by atoms with Crippen molar-refractivity contribution in [1.82, 2.24) is 10.2 Å². The molecule has 2 fully saturated rings. The Labute approximate surface area is 125 Å². The van der Waals surface area contributed by atoms with Crippen molar-refractivity contribution in [2.75, 3.05) is 26.2 Å². The van der Waals surface area contributed by atoms with Crippen molar-refractivity contribution in [3.63, 3.8) is 0 Å². The van der Waals surface area contributed by atoms with Gasteiger partial charge in [0, 0.05) is 25.2 Å². The van der Waals surface area contributed by atoms with Crippen LogP contribution in [-0.2, 0) is 4.74 Å². The molecule has 1 heterocycles. The lowest BCUT2D eigenvalue weighted by Crippen LogP contribution is -2.56. The highest BCUT2D eigenvalue weighted by atomic mass is 16.5. The van der Waals surface area contributed by atoms with Gasteiger partial charge in [0.1, 0.15) is 0 Å². The number of rotatable bonds is 6. The van der Waals surface area contributed by atoms with Crippen molar-refractivity contribution in [3.05, 3.63) is 0 Å². The molecule has 1 aliphatic heterocycles. The van der Waals surface area contributed by atoms with Crippen LogP contribution in [0.15, 0.2) is 0 Å². The van der Waals surface area contributed by atoms with Gasteiger partial charge in [-0.15, -0.1) is 0 Å². The van der Waals surface area contributed by atoms with Crippen LogP contribution in [-0.4, -0.2) is 49.3 Å².